The van der Waals surface area contributed by atoms with Crippen LogP contribution in [0.5, 0.6) is 11.5 Å². The summed E-state index contributed by atoms with van der Waals surface area (Å²) in [5.74, 6) is 1.12. The Morgan fingerprint density at radius 1 is 1.32 bits per heavy atom. The van der Waals surface area contributed by atoms with Crippen molar-refractivity contribution < 1.29 is 14.3 Å². The molecule has 0 saturated carbocycles. The van der Waals surface area contributed by atoms with Gasteiger partial charge in [-0.05, 0) is 31.5 Å². The van der Waals surface area contributed by atoms with E-state index >= 15 is 0 Å². The van der Waals surface area contributed by atoms with Gasteiger partial charge in [0.05, 0.1) is 13.2 Å². The van der Waals surface area contributed by atoms with Crippen molar-refractivity contribution >= 4 is 5.91 Å². The van der Waals surface area contributed by atoms with Gasteiger partial charge < -0.3 is 14.8 Å². The highest BCUT2D eigenvalue weighted by atomic mass is 16.5. The molecule has 0 aliphatic carbocycles. The van der Waals surface area contributed by atoms with Crippen LogP contribution in [0, 0.1) is 0 Å². The third kappa shape index (κ3) is 4.66. The monoisotopic (exact) mass is 263 g/mol. The minimum absolute atomic E-state index is 0.150. The van der Waals surface area contributed by atoms with Crippen molar-refractivity contribution in [3.8, 4) is 11.5 Å². The Morgan fingerprint density at radius 3 is 2.74 bits per heavy atom. The number of benzene rings is 1. The van der Waals surface area contributed by atoms with Crippen molar-refractivity contribution in [2.24, 2.45) is 0 Å². The molecule has 0 unspecified atom stereocenters. The fraction of sp³-hybridized carbons (Fsp3) is 0.400. The van der Waals surface area contributed by atoms with Gasteiger partial charge in [-0.2, -0.15) is 0 Å². The van der Waals surface area contributed by atoms with Gasteiger partial charge in [-0.15, -0.1) is 6.58 Å². The average Bonchev–Trinajstić information content (AvgIpc) is 2.43. The summed E-state index contributed by atoms with van der Waals surface area (Å²) >= 11 is 0. The van der Waals surface area contributed by atoms with Crippen molar-refractivity contribution in [2.45, 2.75) is 20.3 Å². The third-order valence-corrected chi connectivity index (χ3v) is 2.37. The largest absolute Gasteiger partial charge is 0.490 e. The van der Waals surface area contributed by atoms with Gasteiger partial charge in [0.1, 0.15) is 0 Å². The second-order valence-electron chi connectivity index (χ2n) is 3.94. The number of nitrogens with one attached hydrogen (secondary N) is 1. The van der Waals surface area contributed by atoms with Crippen LogP contribution in [0.1, 0.15) is 30.6 Å². The van der Waals surface area contributed by atoms with E-state index in [1.165, 1.54) is 0 Å². The molecule has 0 atom stereocenters. The molecule has 0 aliphatic rings. The lowest BCUT2D eigenvalue weighted by Crippen LogP contribution is -2.23. The van der Waals surface area contributed by atoms with E-state index in [9.17, 15) is 4.79 Å². The van der Waals surface area contributed by atoms with E-state index in [0.29, 0.717) is 36.8 Å². The Labute approximate surface area is 114 Å². The summed E-state index contributed by atoms with van der Waals surface area (Å²) in [5, 5.41) is 2.73. The number of hydrogen-bond donors (Lipinski definition) is 1. The van der Waals surface area contributed by atoms with E-state index in [-0.39, 0.29) is 5.91 Å². The number of carbonyl (C=O) groups is 1. The van der Waals surface area contributed by atoms with Crippen molar-refractivity contribution in [3.63, 3.8) is 0 Å². The van der Waals surface area contributed by atoms with Gasteiger partial charge in [-0.1, -0.05) is 13.0 Å². The summed E-state index contributed by atoms with van der Waals surface area (Å²) in [6.45, 7) is 9.09. The number of hydrogen-bond acceptors (Lipinski definition) is 3. The topological polar surface area (TPSA) is 47.6 Å². The fourth-order valence-electron chi connectivity index (χ4n) is 1.52. The van der Waals surface area contributed by atoms with Gasteiger partial charge in [-0.25, -0.2) is 0 Å². The van der Waals surface area contributed by atoms with Crippen molar-refractivity contribution in [3.05, 3.63) is 36.4 Å². The van der Waals surface area contributed by atoms with Crippen LogP contribution in [-0.2, 0) is 0 Å². The van der Waals surface area contributed by atoms with E-state index in [1.54, 1.807) is 24.3 Å². The van der Waals surface area contributed by atoms with E-state index in [4.69, 9.17) is 9.47 Å². The lowest BCUT2D eigenvalue weighted by molar-refractivity contribution is 0.0957. The van der Waals surface area contributed by atoms with Crippen LogP contribution >= 0.6 is 0 Å². The van der Waals surface area contributed by atoms with Crippen LogP contribution in [0.4, 0.5) is 0 Å². The lowest BCUT2D eigenvalue weighted by atomic mass is 10.2. The molecule has 0 radical (unpaired) electrons. The van der Waals surface area contributed by atoms with Crippen LogP contribution < -0.4 is 14.8 Å². The summed E-state index contributed by atoms with van der Waals surface area (Å²) in [7, 11) is 0. The van der Waals surface area contributed by atoms with Crippen molar-refractivity contribution in [1.82, 2.24) is 5.32 Å². The maximum atomic E-state index is 11.8. The third-order valence-electron chi connectivity index (χ3n) is 2.37. The smallest absolute Gasteiger partial charge is 0.251 e. The number of amides is 1. The van der Waals surface area contributed by atoms with Gasteiger partial charge >= 0.3 is 0 Å². The second-order valence-corrected chi connectivity index (χ2v) is 3.94. The quantitative estimate of drug-likeness (QED) is 0.734. The SMILES string of the molecule is C=CCNC(=O)c1ccc(OCCC)c(OCC)c1. The van der Waals surface area contributed by atoms with E-state index < -0.39 is 0 Å². The molecule has 0 bridgehead atoms. The molecule has 1 aromatic carbocycles. The lowest BCUT2D eigenvalue weighted by Gasteiger charge is -2.12. The van der Waals surface area contributed by atoms with Crippen molar-refractivity contribution in [1.29, 1.82) is 0 Å². The molecule has 0 spiro atoms. The molecule has 0 saturated heterocycles. The first kappa shape index (κ1) is 15.1. The highest BCUT2D eigenvalue weighted by Gasteiger charge is 2.10. The average molecular weight is 263 g/mol. The van der Waals surface area contributed by atoms with Crippen LogP contribution in [0.2, 0.25) is 0 Å². The Balaban J connectivity index is 2.87. The highest BCUT2D eigenvalue weighted by molar-refractivity contribution is 5.94. The van der Waals surface area contributed by atoms with Crippen LogP contribution in [0.25, 0.3) is 0 Å². The molecular weight excluding hydrogens is 242 g/mol. The van der Waals surface area contributed by atoms with Gasteiger partial charge in [0.15, 0.2) is 11.5 Å². The minimum Gasteiger partial charge on any atom is -0.490 e. The molecule has 104 valence electrons. The zero-order valence-corrected chi connectivity index (χ0v) is 11.6. The standard InChI is InChI=1S/C15H21NO3/c1-4-9-16-15(17)12-7-8-13(19-10-5-2)14(11-12)18-6-3/h4,7-8,11H,1,5-6,9-10H2,2-3H3,(H,16,17). The highest BCUT2D eigenvalue weighted by Crippen LogP contribution is 2.28. The normalized spacial score (nSPS) is 9.79. The van der Waals surface area contributed by atoms with Gasteiger partial charge in [0.25, 0.3) is 5.91 Å². The van der Waals surface area contributed by atoms with Crippen molar-refractivity contribution in [2.75, 3.05) is 19.8 Å². The molecule has 0 aliphatic heterocycles. The number of carbonyl (C=O) groups excluding carboxylic acids is 1. The maximum absolute atomic E-state index is 11.8. The fourth-order valence-corrected chi connectivity index (χ4v) is 1.52. The Hall–Kier alpha value is -1.97. The molecule has 1 aromatic rings. The summed E-state index contributed by atoms with van der Waals surface area (Å²) in [5.41, 5.74) is 0.550. The van der Waals surface area contributed by atoms with E-state index in [0.717, 1.165) is 6.42 Å². The zero-order chi connectivity index (χ0) is 14.1. The Morgan fingerprint density at radius 2 is 2.11 bits per heavy atom. The first-order chi connectivity index (χ1) is 9.22. The molecule has 1 rings (SSSR count). The summed E-state index contributed by atoms with van der Waals surface area (Å²) in [6, 6.07) is 5.20. The Kier molecular flexibility index (Phi) is 6.50. The molecule has 1 amide bonds. The van der Waals surface area contributed by atoms with Gasteiger partial charge in [-0.3, -0.25) is 4.79 Å². The summed E-state index contributed by atoms with van der Waals surface area (Å²) < 4.78 is 11.1. The number of ether oxygens (including phenoxy) is 2. The van der Waals surface area contributed by atoms with Crippen LogP contribution in [0.3, 0.4) is 0 Å². The predicted octanol–water partition coefficient (Wildman–Crippen LogP) is 2.79. The number of rotatable bonds is 8. The van der Waals surface area contributed by atoms with Gasteiger partial charge in [0.2, 0.25) is 0 Å². The molecule has 19 heavy (non-hydrogen) atoms. The molecule has 0 heterocycles. The first-order valence-electron chi connectivity index (χ1n) is 6.51. The second kappa shape index (κ2) is 8.19. The van der Waals surface area contributed by atoms with Crippen LogP contribution in [0.15, 0.2) is 30.9 Å². The van der Waals surface area contributed by atoms with E-state index in [1.807, 2.05) is 13.8 Å². The zero-order valence-electron chi connectivity index (χ0n) is 11.6. The molecule has 0 aromatic heterocycles. The predicted molar refractivity (Wildman–Crippen MR) is 75.9 cm³/mol. The molecular formula is C15H21NO3. The molecule has 4 heteroatoms. The summed E-state index contributed by atoms with van der Waals surface area (Å²) in [4.78, 5) is 11.8. The summed E-state index contributed by atoms with van der Waals surface area (Å²) in [6.07, 6.45) is 2.56. The minimum atomic E-state index is -0.150. The van der Waals surface area contributed by atoms with E-state index in [2.05, 4.69) is 11.9 Å². The first-order valence-corrected chi connectivity index (χ1v) is 6.51. The van der Waals surface area contributed by atoms with Gasteiger partial charge in [0, 0.05) is 12.1 Å². The van der Waals surface area contributed by atoms with Crippen LogP contribution in [-0.4, -0.2) is 25.7 Å². The Bertz CT molecular complexity index is 429. The molecule has 0 fully saturated rings. The maximum Gasteiger partial charge on any atom is 0.251 e. The molecule has 4 nitrogen and oxygen atoms in total. The molecule has 1 N–H and O–H groups in total.